The summed E-state index contributed by atoms with van der Waals surface area (Å²) in [5.74, 6) is 1.35. The second-order valence-corrected chi connectivity index (χ2v) is 4.68. The molecule has 0 aliphatic heterocycles. The number of hydrogen-bond donors (Lipinski definition) is 1. The summed E-state index contributed by atoms with van der Waals surface area (Å²) in [5.41, 5.74) is 1.89. The summed E-state index contributed by atoms with van der Waals surface area (Å²) in [6.45, 7) is 0. The maximum Gasteiger partial charge on any atom is 0.128 e. The molecule has 2 rings (SSSR count). The first-order chi connectivity index (χ1) is 9.63. The zero-order chi connectivity index (χ0) is 14.5. The topological polar surface area (TPSA) is 56.5 Å². The normalized spacial score (nSPS) is 12.2. The van der Waals surface area contributed by atoms with Crippen LogP contribution in [0.2, 0.25) is 0 Å². The highest BCUT2D eigenvalue weighted by atomic mass is 16.5. The van der Waals surface area contributed by atoms with Crippen molar-refractivity contribution >= 4 is 0 Å². The predicted molar refractivity (Wildman–Crippen MR) is 76.0 cm³/mol. The minimum atomic E-state index is -0.573. The van der Waals surface area contributed by atoms with E-state index in [-0.39, 0.29) is 0 Å². The zero-order valence-corrected chi connectivity index (χ0v) is 12.0. The molecule has 0 saturated carbocycles. The average Bonchev–Trinajstić information content (AvgIpc) is 2.89. The van der Waals surface area contributed by atoms with Crippen molar-refractivity contribution < 1.29 is 14.6 Å². The van der Waals surface area contributed by atoms with Crippen LogP contribution in [-0.2, 0) is 13.5 Å². The Morgan fingerprint density at radius 1 is 1.30 bits per heavy atom. The van der Waals surface area contributed by atoms with Crippen molar-refractivity contribution in [1.82, 2.24) is 9.78 Å². The second-order valence-electron chi connectivity index (χ2n) is 4.68. The highest BCUT2D eigenvalue weighted by Gasteiger charge is 2.14. The van der Waals surface area contributed by atoms with Gasteiger partial charge in [-0.1, -0.05) is 0 Å². The van der Waals surface area contributed by atoms with E-state index in [0.29, 0.717) is 17.9 Å². The summed E-state index contributed by atoms with van der Waals surface area (Å²) in [6.07, 6.45) is 4.59. The van der Waals surface area contributed by atoms with Crippen molar-refractivity contribution in [3.63, 3.8) is 0 Å². The number of ether oxygens (including phenoxy) is 2. The maximum atomic E-state index is 10.3. The van der Waals surface area contributed by atoms with E-state index in [0.717, 1.165) is 17.5 Å². The van der Waals surface area contributed by atoms with Crippen molar-refractivity contribution in [2.75, 3.05) is 14.2 Å². The van der Waals surface area contributed by atoms with Crippen LogP contribution in [-0.4, -0.2) is 29.1 Å². The summed E-state index contributed by atoms with van der Waals surface area (Å²) in [6, 6.07) is 5.44. The Labute approximate surface area is 118 Å². The van der Waals surface area contributed by atoms with E-state index in [2.05, 4.69) is 5.10 Å². The minimum absolute atomic E-state index is 0.573. The van der Waals surface area contributed by atoms with E-state index in [1.54, 1.807) is 25.0 Å². The van der Waals surface area contributed by atoms with Crippen molar-refractivity contribution in [2.45, 2.75) is 18.9 Å². The van der Waals surface area contributed by atoms with Gasteiger partial charge in [0.1, 0.15) is 11.5 Å². The molecule has 1 N–H and O–H groups in total. The number of aryl methyl sites for hydroxylation is 2. The third-order valence-corrected chi connectivity index (χ3v) is 3.26. The van der Waals surface area contributed by atoms with Crippen molar-refractivity contribution in [2.24, 2.45) is 7.05 Å². The van der Waals surface area contributed by atoms with E-state index in [1.165, 1.54) is 0 Å². The Bertz CT molecular complexity index is 566. The van der Waals surface area contributed by atoms with Gasteiger partial charge in [0.25, 0.3) is 0 Å². The number of hydrogen-bond acceptors (Lipinski definition) is 4. The summed E-state index contributed by atoms with van der Waals surface area (Å²) in [4.78, 5) is 0. The molecular weight excluding hydrogens is 256 g/mol. The van der Waals surface area contributed by atoms with Gasteiger partial charge in [0.15, 0.2) is 0 Å². The lowest BCUT2D eigenvalue weighted by molar-refractivity contribution is 0.163. The van der Waals surface area contributed by atoms with Crippen LogP contribution in [0.25, 0.3) is 0 Å². The van der Waals surface area contributed by atoms with Gasteiger partial charge in [0.2, 0.25) is 0 Å². The summed E-state index contributed by atoms with van der Waals surface area (Å²) in [5, 5.41) is 14.4. The Kier molecular flexibility index (Phi) is 4.63. The van der Waals surface area contributed by atoms with E-state index in [9.17, 15) is 5.11 Å². The fourth-order valence-electron chi connectivity index (χ4n) is 2.15. The Morgan fingerprint density at radius 3 is 2.70 bits per heavy atom. The van der Waals surface area contributed by atoms with Crippen LogP contribution in [0.1, 0.15) is 23.7 Å². The van der Waals surface area contributed by atoms with Gasteiger partial charge in [-0.3, -0.25) is 4.68 Å². The molecule has 0 radical (unpaired) electrons. The molecule has 0 spiro atoms. The predicted octanol–water partition coefficient (Wildman–Crippen LogP) is 2.10. The van der Waals surface area contributed by atoms with E-state index >= 15 is 0 Å². The number of aromatic nitrogens is 2. The molecule has 5 nitrogen and oxygen atoms in total. The third-order valence-electron chi connectivity index (χ3n) is 3.26. The molecule has 0 aliphatic rings. The van der Waals surface area contributed by atoms with Gasteiger partial charge in [-0.15, -0.1) is 0 Å². The lowest BCUT2D eigenvalue weighted by atomic mass is 10.0. The molecule has 2 aromatic rings. The molecule has 0 aliphatic carbocycles. The summed E-state index contributed by atoms with van der Waals surface area (Å²) < 4.78 is 12.2. The lowest BCUT2D eigenvalue weighted by Crippen LogP contribution is -2.02. The number of aliphatic hydroxyl groups excluding tert-OH is 1. The fourth-order valence-corrected chi connectivity index (χ4v) is 2.15. The van der Waals surface area contributed by atoms with Gasteiger partial charge in [0, 0.05) is 24.9 Å². The first kappa shape index (κ1) is 14.4. The van der Waals surface area contributed by atoms with Gasteiger partial charge >= 0.3 is 0 Å². The molecule has 0 fully saturated rings. The molecule has 1 unspecified atom stereocenters. The number of nitrogens with zero attached hydrogens (tertiary/aromatic N) is 2. The quantitative estimate of drug-likeness (QED) is 0.878. The zero-order valence-electron chi connectivity index (χ0n) is 12.0. The number of benzene rings is 1. The van der Waals surface area contributed by atoms with Crippen LogP contribution >= 0.6 is 0 Å². The van der Waals surface area contributed by atoms with Crippen LogP contribution in [0.15, 0.2) is 30.6 Å². The summed E-state index contributed by atoms with van der Waals surface area (Å²) in [7, 11) is 5.08. The van der Waals surface area contributed by atoms with Crippen LogP contribution in [0.5, 0.6) is 11.5 Å². The number of methoxy groups -OCH3 is 2. The molecule has 108 valence electrons. The molecule has 1 atom stereocenters. The van der Waals surface area contributed by atoms with Crippen molar-refractivity contribution in [3.05, 3.63) is 41.7 Å². The third kappa shape index (κ3) is 3.30. The monoisotopic (exact) mass is 276 g/mol. The molecular formula is C15H20N2O3. The first-order valence-electron chi connectivity index (χ1n) is 6.51. The van der Waals surface area contributed by atoms with Gasteiger partial charge in [0.05, 0.1) is 26.5 Å². The van der Waals surface area contributed by atoms with Gasteiger partial charge in [-0.2, -0.15) is 5.10 Å². The maximum absolute atomic E-state index is 10.3. The molecule has 0 amide bonds. The highest BCUT2D eigenvalue weighted by Crippen LogP contribution is 2.31. The standard InChI is InChI=1S/C15H20N2O3/c1-17-10-11(9-16-17)4-7-14(18)13-6-5-12(19-2)8-15(13)20-3/h5-6,8-10,14,18H,4,7H2,1-3H3. The lowest BCUT2D eigenvalue weighted by Gasteiger charge is -2.15. The van der Waals surface area contributed by atoms with Gasteiger partial charge < -0.3 is 14.6 Å². The Hall–Kier alpha value is -2.01. The number of aliphatic hydroxyl groups is 1. The molecule has 0 saturated heterocycles. The van der Waals surface area contributed by atoms with E-state index < -0.39 is 6.10 Å². The Morgan fingerprint density at radius 2 is 2.10 bits per heavy atom. The second kappa shape index (κ2) is 6.43. The molecule has 1 aromatic carbocycles. The fraction of sp³-hybridized carbons (Fsp3) is 0.400. The molecule has 1 aromatic heterocycles. The van der Waals surface area contributed by atoms with Crippen molar-refractivity contribution in [3.8, 4) is 11.5 Å². The average molecular weight is 276 g/mol. The number of rotatable bonds is 6. The molecule has 1 heterocycles. The van der Waals surface area contributed by atoms with Crippen LogP contribution in [0.3, 0.4) is 0 Å². The van der Waals surface area contributed by atoms with Crippen LogP contribution in [0.4, 0.5) is 0 Å². The van der Waals surface area contributed by atoms with E-state index in [4.69, 9.17) is 9.47 Å². The SMILES string of the molecule is COc1ccc(C(O)CCc2cnn(C)c2)c(OC)c1. The summed E-state index contributed by atoms with van der Waals surface area (Å²) >= 11 is 0. The highest BCUT2D eigenvalue weighted by molar-refractivity contribution is 5.42. The molecule has 0 bridgehead atoms. The first-order valence-corrected chi connectivity index (χ1v) is 6.51. The molecule has 5 heteroatoms. The van der Waals surface area contributed by atoms with Crippen LogP contribution in [0, 0.1) is 0 Å². The van der Waals surface area contributed by atoms with Gasteiger partial charge in [-0.25, -0.2) is 0 Å². The van der Waals surface area contributed by atoms with Crippen molar-refractivity contribution in [1.29, 1.82) is 0 Å². The minimum Gasteiger partial charge on any atom is -0.497 e. The van der Waals surface area contributed by atoms with Crippen LogP contribution < -0.4 is 9.47 Å². The van der Waals surface area contributed by atoms with Gasteiger partial charge in [-0.05, 0) is 30.5 Å². The Balaban J connectivity index is 2.06. The van der Waals surface area contributed by atoms with E-state index in [1.807, 2.05) is 31.6 Å². The molecule has 20 heavy (non-hydrogen) atoms. The smallest absolute Gasteiger partial charge is 0.128 e. The largest absolute Gasteiger partial charge is 0.497 e.